The fourth-order valence-electron chi connectivity index (χ4n) is 4.27. The number of hydrogen-bond acceptors (Lipinski definition) is 3. The highest BCUT2D eigenvalue weighted by molar-refractivity contribution is 5.71. The minimum absolute atomic E-state index is 0.633. The van der Waals surface area contributed by atoms with E-state index in [4.69, 9.17) is 5.26 Å². The van der Waals surface area contributed by atoms with Gasteiger partial charge >= 0.3 is 0 Å². The number of aldehydes is 1. The summed E-state index contributed by atoms with van der Waals surface area (Å²) in [4.78, 5) is 13.8. The van der Waals surface area contributed by atoms with Crippen LogP contribution in [0.3, 0.4) is 0 Å². The second kappa shape index (κ2) is 22.0. The lowest BCUT2D eigenvalue weighted by atomic mass is 10.0. The van der Waals surface area contributed by atoms with Crippen LogP contribution in [-0.4, -0.2) is 22.5 Å². The summed E-state index contributed by atoms with van der Waals surface area (Å²) in [6.45, 7) is 0. The van der Waals surface area contributed by atoms with Crippen LogP contribution in [0, 0.1) is 11.3 Å². The number of allylic oxidation sites excluding steroid dienone is 2. The summed E-state index contributed by atoms with van der Waals surface area (Å²) in [6.07, 6.45) is 29.6. The van der Waals surface area contributed by atoms with Crippen LogP contribution in [0.1, 0.15) is 138 Å². The Morgan fingerprint density at radius 3 is 1.73 bits per heavy atom. The summed E-state index contributed by atoms with van der Waals surface area (Å²) in [5, 5.41) is 17.7. The number of unbranched alkanes of at least 4 members (excludes halogenated alkanes) is 16. The molecule has 33 heavy (non-hydrogen) atoms. The number of aromatic nitrogens is 1. The molecule has 186 valence electrons. The van der Waals surface area contributed by atoms with Crippen molar-refractivity contribution in [1.29, 1.82) is 5.26 Å². The van der Waals surface area contributed by atoms with Gasteiger partial charge in [-0.1, -0.05) is 89.2 Å². The first-order chi connectivity index (χ1) is 16.3. The number of aliphatic hydroxyl groups is 1. The molecule has 4 heteroatoms. The summed E-state index contributed by atoms with van der Waals surface area (Å²) in [7, 11) is 0. The number of carbonyl (C=O) groups is 1. The predicted molar refractivity (Wildman–Crippen MR) is 138 cm³/mol. The Morgan fingerprint density at radius 2 is 1.24 bits per heavy atom. The highest BCUT2D eigenvalue weighted by Crippen LogP contribution is 2.14. The molecule has 1 aromatic heterocycles. The third-order valence-electron chi connectivity index (χ3n) is 6.38. The molecule has 1 heterocycles. The molecule has 1 unspecified atom stereocenters. The molecule has 0 saturated carbocycles. The minimum Gasteiger partial charge on any atom is -0.378 e. The number of hydrogen-bond donors (Lipinski definition) is 2. The topological polar surface area (TPSA) is 76.9 Å². The Hall–Kier alpha value is -1.86. The van der Waals surface area contributed by atoms with Gasteiger partial charge in [-0.15, -0.1) is 0 Å². The fourth-order valence-corrected chi connectivity index (χ4v) is 4.27. The van der Waals surface area contributed by atoms with Crippen molar-refractivity contribution in [3.8, 4) is 6.07 Å². The van der Waals surface area contributed by atoms with E-state index in [1.54, 1.807) is 0 Å². The molecule has 2 N–H and O–H groups in total. The van der Waals surface area contributed by atoms with Gasteiger partial charge in [-0.2, -0.15) is 5.26 Å². The van der Waals surface area contributed by atoms with Crippen molar-refractivity contribution in [3.05, 3.63) is 35.7 Å². The zero-order chi connectivity index (χ0) is 23.8. The van der Waals surface area contributed by atoms with Crippen molar-refractivity contribution in [1.82, 2.24) is 4.98 Å². The van der Waals surface area contributed by atoms with Crippen molar-refractivity contribution in [2.24, 2.45) is 0 Å². The molecule has 0 aliphatic heterocycles. The monoisotopic (exact) mass is 456 g/mol. The molecule has 0 aliphatic carbocycles. The first-order valence-electron chi connectivity index (χ1n) is 13.6. The number of nitriles is 1. The number of nitrogens with one attached hydrogen (secondary N) is 1. The average molecular weight is 457 g/mol. The number of nitrogens with zero attached hydrogens (tertiary/aromatic N) is 1. The predicted octanol–water partition coefficient (Wildman–Crippen LogP) is 8.22. The molecule has 0 saturated heterocycles. The third kappa shape index (κ3) is 18.3. The molecule has 1 atom stereocenters. The van der Waals surface area contributed by atoms with Crippen molar-refractivity contribution in [2.45, 2.75) is 135 Å². The largest absolute Gasteiger partial charge is 0.378 e. The maximum absolute atomic E-state index is 10.7. The molecule has 4 nitrogen and oxygen atoms in total. The normalized spacial score (nSPS) is 12.2. The van der Waals surface area contributed by atoms with Crippen LogP contribution in [0.25, 0.3) is 0 Å². The molecule has 0 amide bonds. The number of H-pyrrole nitrogens is 1. The van der Waals surface area contributed by atoms with Gasteiger partial charge in [0, 0.05) is 5.69 Å². The summed E-state index contributed by atoms with van der Waals surface area (Å²) in [6, 6.07) is 5.75. The zero-order valence-corrected chi connectivity index (χ0v) is 20.9. The Labute approximate surface area is 202 Å². The number of aliphatic hydroxyl groups excluding tert-OH is 1. The van der Waals surface area contributed by atoms with Crippen molar-refractivity contribution in [3.63, 3.8) is 0 Å². The fraction of sp³-hybridized carbons (Fsp3) is 0.724. The summed E-state index contributed by atoms with van der Waals surface area (Å²) < 4.78 is 0. The number of carbonyl (C=O) groups excluding carboxylic acids is 1. The average Bonchev–Trinajstić information content (AvgIpc) is 3.30. The summed E-state index contributed by atoms with van der Waals surface area (Å²) in [5.74, 6) is 0. The number of rotatable bonds is 23. The van der Waals surface area contributed by atoms with Gasteiger partial charge in [-0.05, 0) is 63.5 Å². The molecule has 1 rings (SSSR count). The maximum Gasteiger partial charge on any atom is 0.166 e. The Kier molecular flexibility index (Phi) is 19.4. The van der Waals surface area contributed by atoms with Gasteiger partial charge in [-0.25, -0.2) is 0 Å². The number of aromatic amines is 1. The molecule has 0 bridgehead atoms. The van der Waals surface area contributed by atoms with Crippen molar-refractivity contribution in [2.75, 3.05) is 0 Å². The molecular weight excluding hydrogens is 408 g/mol. The van der Waals surface area contributed by atoms with Crippen LogP contribution in [0.4, 0.5) is 0 Å². The molecule has 0 radical (unpaired) electrons. The quantitative estimate of drug-likeness (QED) is 0.0753. The second-order valence-corrected chi connectivity index (χ2v) is 9.45. The van der Waals surface area contributed by atoms with Crippen LogP contribution in [0.5, 0.6) is 0 Å². The van der Waals surface area contributed by atoms with E-state index in [-0.39, 0.29) is 0 Å². The lowest BCUT2D eigenvalue weighted by molar-refractivity contribution is 0.111. The van der Waals surface area contributed by atoms with Gasteiger partial charge in [0.25, 0.3) is 0 Å². The van der Waals surface area contributed by atoms with E-state index >= 15 is 0 Å². The second-order valence-electron chi connectivity index (χ2n) is 9.45. The van der Waals surface area contributed by atoms with Gasteiger partial charge in [-0.3, -0.25) is 4.79 Å². The Bertz CT molecular complexity index is 644. The first-order valence-corrected chi connectivity index (χ1v) is 13.6. The molecule has 0 fully saturated rings. The SMILES string of the molecule is N#CC(O)CCCCCCCCCCCCCCCC=CCCCCCc1ccc(C=O)[nH]1. The van der Waals surface area contributed by atoms with Gasteiger partial charge < -0.3 is 10.1 Å². The third-order valence-corrected chi connectivity index (χ3v) is 6.38. The van der Waals surface area contributed by atoms with E-state index in [1.807, 2.05) is 18.2 Å². The van der Waals surface area contributed by atoms with Crippen LogP contribution < -0.4 is 0 Å². The van der Waals surface area contributed by atoms with E-state index in [0.717, 1.165) is 25.5 Å². The van der Waals surface area contributed by atoms with E-state index in [2.05, 4.69) is 17.1 Å². The molecule has 0 aliphatic rings. The smallest absolute Gasteiger partial charge is 0.166 e. The lowest BCUT2D eigenvalue weighted by Crippen LogP contribution is -2.01. The van der Waals surface area contributed by atoms with Crippen LogP contribution in [0.2, 0.25) is 0 Å². The molecular formula is C29H48N2O2. The van der Waals surface area contributed by atoms with Gasteiger partial charge in [0.2, 0.25) is 0 Å². The zero-order valence-electron chi connectivity index (χ0n) is 20.9. The minimum atomic E-state index is -0.760. The van der Waals surface area contributed by atoms with Crippen LogP contribution >= 0.6 is 0 Å². The van der Waals surface area contributed by atoms with Crippen LogP contribution in [-0.2, 0) is 6.42 Å². The standard InChI is InChI=1S/C29H48N2O2/c30-25-29(33)22-20-18-16-14-12-10-8-6-4-2-1-3-5-7-9-11-13-15-17-19-21-27-23-24-28(26-32)31-27/h9,11,23-24,26,29,31,33H,1-8,10,12-22H2. The first kappa shape index (κ1) is 29.2. The molecule has 1 aromatic rings. The molecule has 0 aromatic carbocycles. The highest BCUT2D eigenvalue weighted by atomic mass is 16.3. The number of aryl methyl sites for hydroxylation is 1. The van der Waals surface area contributed by atoms with E-state index in [1.165, 1.54) is 108 Å². The Morgan fingerprint density at radius 1 is 0.758 bits per heavy atom. The van der Waals surface area contributed by atoms with E-state index < -0.39 is 6.10 Å². The van der Waals surface area contributed by atoms with Crippen molar-refractivity contribution >= 4 is 6.29 Å². The Balaban J connectivity index is 1.72. The van der Waals surface area contributed by atoms with E-state index in [0.29, 0.717) is 12.1 Å². The molecule has 0 spiro atoms. The van der Waals surface area contributed by atoms with Crippen molar-refractivity contribution < 1.29 is 9.90 Å². The summed E-state index contributed by atoms with van der Waals surface area (Å²) in [5.41, 5.74) is 1.85. The van der Waals surface area contributed by atoms with Gasteiger partial charge in [0.1, 0.15) is 6.10 Å². The van der Waals surface area contributed by atoms with Gasteiger partial charge in [0.05, 0.1) is 11.8 Å². The van der Waals surface area contributed by atoms with E-state index in [9.17, 15) is 9.90 Å². The van der Waals surface area contributed by atoms with Gasteiger partial charge in [0.15, 0.2) is 6.29 Å². The highest BCUT2D eigenvalue weighted by Gasteiger charge is 2.00. The maximum atomic E-state index is 10.7. The van der Waals surface area contributed by atoms with Crippen LogP contribution in [0.15, 0.2) is 24.3 Å². The lowest BCUT2D eigenvalue weighted by Gasteiger charge is -2.04. The summed E-state index contributed by atoms with van der Waals surface area (Å²) >= 11 is 0.